The van der Waals surface area contributed by atoms with Crippen LogP contribution in [0.15, 0.2) is 18.2 Å². The van der Waals surface area contributed by atoms with Crippen LogP contribution in [0.3, 0.4) is 0 Å². The summed E-state index contributed by atoms with van der Waals surface area (Å²) in [6.07, 6.45) is 0.661. The minimum Gasteiger partial charge on any atom is -0.497 e. The highest BCUT2D eigenvalue weighted by Gasteiger charge is 2.39. The third-order valence-corrected chi connectivity index (χ3v) is 4.40. The summed E-state index contributed by atoms with van der Waals surface area (Å²) in [5.41, 5.74) is -0.679. The Kier molecular flexibility index (Phi) is 6.23. The van der Waals surface area contributed by atoms with E-state index in [0.717, 1.165) is 0 Å². The highest BCUT2D eigenvalue weighted by molar-refractivity contribution is 6.31. The van der Waals surface area contributed by atoms with Crippen LogP contribution >= 0.6 is 11.6 Å². The van der Waals surface area contributed by atoms with Crippen molar-refractivity contribution in [1.29, 1.82) is 0 Å². The zero-order valence-electron chi connectivity index (χ0n) is 13.3. The Morgan fingerprint density at radius 1 is 1.45 bits per heavy atom. The van der Waals surface area contributed by atoms with Crippen molar-refractivity contribution in [2.45, 2.75) is 39.2 Å². The number of amides is 1. The molecule has 2 N–H and O–H groups in total. The Labute approximate surface area is 135 Å². The molecule has 0 bridgehead atoms. The van der Waals surface area contributed by atoms with E-state index in [1.807, 2.05) is 6.92 Å². The van der Waals surface area contributed by atoms with Crippen LogP contribution in [-0.4, -0.2) is 29.6 Å². The average Bonchev–Trinajstić information content (AvgIpc) is 2.47. The second kappa shape index (κ2) is 7.49. The van der Waals surface area contributed by atoms with Crippen LogP contribution in [0.2, 0.25) is 5.02 Å². The summed E-state index contributed by atoms with van der Waals surface area (Å²) in [7, 11) is 1.53. The van der Waals surface area contributed by atoms with Gasteiger partial charge in [0.05, 0.1) is 13.5 Å². The number of carbonyl (C=O) groups is 2. The molecule has 0 aliphatic carbocycles. The van der Waals surface area contributed by atoms with E-state index in [2.05, 4.69) is 5.32 Å². The van der Waals surface area contributed by atoms with E-state index in [-0.39, 0.29) is 18.2 Å². The van der Waals surface area contributed by atoms with Gasteiger partial charge in [0.25, 0.3) is 0 Å². The molecule has 0 heterocycles. The van der Waals surface area contributed by atoms with Gasteiger partial charge in [-0.25, -0.2) is 4.79 Å². The first-order chi connectivity index (χ1) is 10.2. The van der Waals surface area contributed by atoms with E-state index in [1.54, 1.807) is 25.1 Å². The summed E-state index contributed by atoms with van der Waals surface area (Å²) in [6.45, 7) is 5.21. The molecule has 122 valence electrons. The number of rotatable bonds is 7. The van der Waals surface area contributed by atoms with Gasteiger partial charge in [0.2, 0.25) is 5.91 Å². The summed E-state index contributed by atoms with van der Waals surface area (Å²) in [5.74, 6) is -1.02. The molecule has 5 nitrogen and oxygen atoms in total. The number of methoxy groups -OCH3 is 1. The molecule has 2 atom stereocenters. The van der Waals surface area contributed by atoms with Crippen molar-refractivity contribution in [1.82, 2.24) is 5.32 Å². The summed E-state index contributed by atoms with van der Waals surface area (Å²) in [4.78, 5) is 23.7. The lowest BCUT2D eigenvalue weighted by Crippen LogP contribution is -2.56. The molecule has 0 spiro atoms. The van der Waals surface area contributed by atoms with Gasteiger partial charge < -0.3 is 15.2 Å². The third-order valence-electron chi connectivity index (χ3n) is 4.05. The van der Waals surface area contributed by atoms with E-state index in [0.29, 0.717) is 22.8 Å². The van der Waals surface area contributed by atoms with Crippen molar-refractivity contribution >= 4 is 23.5 Å². The van der Waals surface area contributed by atoms with Crippen molar-refractivity contribution < 1.29 is 19.4 Å². The maximum Gasteiger partial charge on any atom is 0.329 e. The minimum absolute atomic E-state index is 0.0160. The average molecular weight is 328 g/mol. The smallest absolute Gasteiger partial charge is 0.329 e. The topological polar surface area (TPSA) is 75.6 Å². The summed E-state index contributed by atoms with van der Waals surface area (Å²) in [5, 5.41) is 12.4. The van der Waals surface area contributed by atoms with Gasteiger partial charge in [-0.1, -0.05) is 37.9 Å². The molecule has 1 aromatic carbocycles. The number of halogens is 1. The Morgan fingerprint density at radius 2 is 2.09 bits per heavy atom. The fourth-order valence-electron chi connectivity index (χ4n) is 2.10. The predicted molar refractivity (Wildman–Crippen MR) is 85.3 cm³/mol. The lowest BCUT2D eigenvalue weighted by molar-refractivity contribution is -0.149. The molecule has 1 rings (SSSR count). The number of carboxylic acid groups (broad SMARTS) is 1. The standard InChI is InChI=1S/C16H22ClNO4/c1-5-10(2)16(3,15(20)21)18-14(19)8-11-6-7-12(22-4)9-13(11)17/h6-7,9-10H,5,8H2,1-4H3,(H,18,19)(H,20,21). The van der Waals surface area contributed by atoms with Crippen molar-refractivity contribution in [2.24, 2.45) is 5.92 Å². The molecule has 0 aliphatic rings. The minimum atomic E-state index is -1.30. The second-order valence-electron chi connectivity index (χ2n) is 5.50. The number of ether oxygens (including phenoxy) is 1. The SMILES string of the molecule is CCC(C)C(C)(NC(=O)Cc1ccc(OC)cc1Cl)C(=O)O. The molecular weight excluding hydrogens is 306 g/mol. The van der Waals surface area contributed by atoms with E-state index in [1.165, 1.54) is 14.0 Å². The molecule has 22 heavy (non-hydrogen) atoms. The fraction of sp³-hybridized carbons (Fsp3) is 0.500. The van der Waals surface area contributed by atoms with Gasteiger partial charge in [-0.05, 0) is 30.5 Å². The van der Waals surface area contributed by atoms with Crippen molar-refractivity contribution in [2.75, 3.05) is 7.11 Å². The lowest BCUT2D eigenvalue weighted by atomic mass is 9.85. The zero-order valence-corrected chi connectivity index (χ0v) is 14.0. The molecular formula is C16H22ClNO4. The van der Waals surface area contributed by atoms with Gasteiger partial charge in [-0.2, -0.15) is 0 Å². The molecule has 0 aromatic heterocycles. The summed E-state index contributed by atoms with van der Waals surface area (Å²) >= 11 is 6.10. The normalized spacial score (nSPS) is 14.8. The first kappa shape index (κ1) is 18.3. The second-order valence-corrected chi connectivity index (χ2v) is 5.91. The molecule has 1 amide bonds. The van der Waals surface area contributed by atoms with Crippen LogP contribution in [0, 0.1) is 5.92 Å². The van der Waals surface area contributed by atoms with Gasteiger partial charge in [0.15, 0.2) is 0 Å². The van der Waals surface area contributed by atoms with Gasteiger partial charge in [0.1, 0.15) is 11.3 Å². The van der Waals surface area contributed by atoms with Crippen LogP contribution in [0.1, 0.15) is 32.8 Å². The van der Waals surface area contributed by atoms with Crippen LogP contribution in [0.5, 0.6) is 5.75 Å². The third kappa shape index (κ3) is 4.13. The van der Waals surface area contributed by atoms with E-state index < -0.39 is 11.5 Å². The molecule has 0 aliphatic heterocycles. The van der Waals surface area contributed by atoms with E-state index >= 15 is 0 Å². The summed E-state index contributed by atoms with van der Waals surface area (Å²) < 4.78 is 5.05. The quantitative estimate of drug-likeness (QED) is 0.807. The number of carbonyl (C=O) groups excluding carboxylic acids is 1. The monoisotopic (exact) mass is 327 g/mol. The molecule has 1 aromatic rings. The molecule has 0 radical (unpaired) electrons. The van der Waals surface area contributed by atoms with Crippen molar-refractivity contribution in [3.05, 3.63) is 28.8 Å². The van der Waals surface area contributed by atoms with Gasteiger partial charge >= 0.3 is 5.97 Å². The number of nitrogens with one attached hydrogen (secondary N) is 1. The van der Waals surface area contributed by atoms with Gasteiger partial charge in [0, 0.05) is 5.02 Å². The predicted octanol–water partition coefficient (Wildman–Crippen LogP) is 2.90. The first-order valence-corrected chi connectivity index (χ1v) is 7.49. The molecule has 0 fully saturated rings. The molecule has 0 saturated carbocycles. The Morgan fingerprint density at radius 3 is 2.55 bits per heavy atom. The Hall–Kier alpha value is -1.75. The zero-order chi connectivity index (χ0) is 16.9. The fourth-order valence-corrected chi connectivity index (χ4v) is 2.34. The van der Waals surface area contributed by atoms with Crippen molar-refractivity contribution in [3.8, 4) is 5.75 Å². The molecule has 2 unspecified atom stereocenters. The Balaban J connectivity index is 2.87. The van der Waals surface area contributed by atoms with Crippen LogP contribution in [0.25, 0.3) is 0 Å². The highest BCUT2D eigenvalue weighted by atomic mass is 35.5. The number of hydrogen-bond donors (Lipinski definition) is 2. The van der Waals surface area contributed by atoms with Crippen LogP contribution < -0.4 is 10.1 Å². The largest absolute Gasteiger partial charge is 0.497 e. The maximum absolute atomic E-state index is 12.2. The highest BCUT2D eigenvalue weighted by Crippen LogP contribution is 2.24. The first-order valence-electron chi connectivity index (χ1n) is 7.11. The molecule has 6 heteroatoms. The van der Waals surface area contributed by atoms with E-state index in [9.17, 15) is 14.7 Å². The van der Waals surface area contributed by atoms with Gasteiger partial charge in [-0.3, -0.25) is 4.79 Å². The van der Waals surface area contributed by atoms with Crippen LogP contribution in [0.4, 0.5) is 0 Å². The van der Waals surface area contributed by atoms with Crippen LogP contribution in [-0.2, 0) is 16.0 Å². The van der Waals surface area contributed by atoms with Crippen molar-refractivity contribution in [3.63, 3.8) is 0 Å². The number of benzene rings is 1. The van der Waals surface area contributed by atoms with Gasteiger partial charge in [-0.15, -0.1) is 0 Å². The number of carboxylic acids is 1. The maximum atomic E-state index is 12.2. The summed E-state index contributed by atoms with van der Waals surface area (Å²) in [6, 6.07) is 5.02. The number of aliphatic carboxylic acids is 1. The lowest BCUT2D eigenvalue weighted by Gasteiger charge is -2.32. The van der Waals surface area contributed by atoms with E-state index in [4.69, 9.17) is 16.3 Å². The Bertz CT molecular complexity index is 561. The molecule has 0 saturated heterocycles. The number of hydrogen-bond acceptors (Lipinski definition) is 3.